The van der Waals surface area contributed by atoms with Gasteiger partial charge in [-0.2, -0.15) is 0 Å². The van der Waals surface area contributed by atoms with Crippen LogP contribution in [0, 0.1) is 18.2 Å². The minimum atomic E-state index is -0.226. The largest absolute Gasteiger partial charge is 0.492 e. The number of hydrogen-bond acceptors (Lipinski definition) is 2. The summed E-state index contributed by atoms with van der Waals surface area (Å²) in [7, 11) is 1.93. The molecule has 1 atom stereocenters. The molecule has 0 aliphatic rings. The van der Waals surface area contributed by atoms with Crippen molar-refractivity contribution in [1.82, 2.24) is 5.32 Å². The summed E-state index contributed by atoms with van der Waals surface area (Å²) in [6.45, 7) is 8.91. The van der Waals surface area contributed by atoms with Gasteiger partial charge in [0.25, 0.3) is 0 Å². The summed E-state index contributed by atoms with van der Waals surface area (Å²) in [6, 6.07) is 4.85. The van der Waals surface area contributed by atoms with Crippen LogP contribution in [0.25, 0.3) is 0 Å². The first-order chi connectivity index (χ1) is 7.84. The molecule has 0 radical (unpaired) electrons. The number of rotatable bonds is 4. The highest BCUT2D eigenvalue weighted by Crippen LogP contribution is 2.22. The first-order valence-corrected chi connectivity index (χ1v) is 5.91. The lowest BCUT2D eigenvalue weighted by molar-refractivity contribution is 0.180. The molecular weight excluding hydrogens is 217 g/mol. The van der Waals surface area contributed by atoms with Gasteiger partial charge in [-0.05, 0) is 43.1 Å². The normalized spacial score (nSPS) is 13.5. The Labute approximate surface area is 103 Å². The van der Waals surface area contributed by atoms with E-state index in [0.29, 0.717) is 6.61 Å². The van der Waals surface area contributed by atoms with Crippen molar-refractivity contribution in [2.75, 3.05) is 13.7 Å². The molecule has 1 aromatic carbocycles. The molecule has 0 aliphatic heterocycles. The van der Waals surface area contributed by atoms with Crippen molar-refractivity contribution in [1.29, 1.82) is 0 Å². The molecule has 0 aliphatic carbocycles. The molecular formula is C14H22FNO. The maximum atomic E-state index is 12.9. The molecule has 0 fully saturated rings. The highest BCUT2D eigenvalue weighted by atomic mass is 19.1. The maximum Gasteiger partial charge on any atom is 0.123 e. The lowest BCUT2D eigenvalue weighted by atomic mass is 9.87. The van der Waals surface area contributed by atoms with Crippen molar-refractivity contribution in [2.45, 2.75) is 33.7 Å². The average molecular weight is 239 g/mol. The third-order valence-corrected chi connectivity index (χ3v) is 2.94. The zero-order chi connectivity index (χ0) is 13.1. The van der Waals surface area contributed by atoms with Crippen molar-refractivity contribution in [3.05, 3.63) is 29.6 Å². The van der Waals surface area contributed by atoms with Gasteiger partial charge in [-0.15, -0.1) is 0 Å². The van der Waals surface area contributed by atoms with E-state index in [1.807, 2.05) is 14.0 Å². The molecule has 0 spiro atoms. The molecule has 0 bridgehead atoms. The van der Waals surface area contributed by atoms with Gasteiger partial charge in [0.05, 0.1) is 0 Å². The zero-order valence-corrected chi connectivity index (χ0v) is 11.3. The van der Waals surface area contributed by atoms with E-state index < -0.39 is 0 Å². The van der Waals surface area contributed by atoms with E-state index in [-0.39, 0.29) is 17.3 Å². The van der Waals surface area contributed by atoms with Gasteiger partial charge in [0, 0.05) is 6.04 Å². The zero-order valence-electron chi connectivity index (χ0n) is 11.3. The summed E-state index contributed by atoms with van der Waals surface area (Å²) >= 11 is 0. The quantitative estimate of drug-likeness (QED) is 0.871. The van der Waals surface area contributed by atoms with E-state index in [0.717, 1.165) is 11.3 Å². The molecule has 1 unspecified atom stereocenters. The van der Waals surface area contributed by atoms with Crippen LogP contribution in [-0.4, -0.2) is 19.7 Å². The van der Waals surface area contributed by atoms with Crippen molar-refractivity contribution in [3.63, 3.8) is 0 Å². The average Bonchev–Trinajstić information content (AvgIpc) is 2.19. The van der Waals surface area contributed by atoms with Crippen LogP contribution < -0.4 is 10.1 Å². The highest BCUT2D eigenvalue weighted by molar-refractivity contribution is 5.32. The molecule has 96 valence electrons. The van der Waals surface area contributed by atoms with Crippen LogP contribution in [0.1, 0.15) is 26.3 Å². The van der Waals surface area contributed by atoms with Gasteiger partial charge in [-0.25, -0.2) is 4.39 Å². The van der Waals surface area contributed by atoms with E-state index in [1.54, 1.807) is 6.07 Å². The molecule has 0 saturated heterocycles. The number of benzene rings is 1. The standard InChI is InChI=1S/C14H22FNO/c1-10-8-11(15)6-7-12(10)17-9-13(16-5)14(2,3)4/h6-8,13,16H,9H2,1-5H3. The summed E-state index contributed by atoms with van der Waals surface area (Å²) in [5.74, 6) is 0.520. The van der Waals surface area contributed by atoms with E-state index in [2.05, 4.69) is 26.1 Å². The molecule has 1 N–H and O–H groups in total. The Morgan fingerprint density at radius 1 is 1.35 bits per heavy atom. The Balaban J connectivity index is 2.66. The number of ether oxygens (including phenoxy) is 1. The monoisotopic (exact) mass is 239 g/mol. The first kappa shape index (κ1) is 14.0. The van der Waals surface area contributed by atoms with E-state index in [9.17, 15) is 4.39 Å². The molecule has 3 heteroatoms. The number of halogens is 1. The third kappa shape index (κ3) is 4.00. The van der Waals surface area contributed by atoms with Gasteiger partial charge in [0.2, 0.25) is 0 Å². The van der Waals surface area contributed by atoms with Crippen molar-refractivity contribution >= 4 is 0 Å². The lowest BCUT2D eigenvalue weighted by Crippen LogP contribution is -2.42. The van der Waals surface area contributed by atoms with Gasteiger partial charge in [0.15, 0.2) is 0 Å². The predicted octanol–water partition coefficient (Wildman–Crippen LogP) is 3.15. The summed E-state index contributed by atoms with van der Waals surface area (Å²) < 4.78 is 18.7. The minimum absolute atomic E-state index is 0.128. The Bertz CT molecular complexity index is 371. The van der Waals surface area contributed by atoms with Crippen molar-refractivity contribution < 1.29 is 9.13 Å². The van der Waals surface area contributed by atoms with E-state index in [4.69, 9.17) is 4.74 Å². The predicted molar refractivity (Wildman–Crippen MR) is 68.9 cm³/mol. The van der Waals surface area contributed by atoms with Crippen LogP contribution in [0.5, 0.6) is 5.75 Å². The Kier molecular flexibility index (Phi) is 4.52. The van der Waals surface area contributed by atoms with Crippen LogP contribution in [0.3, 0.4) is 0 Å². The Hall–Kier alpha value is -1.09. The number of aryl methyl sites for hydroxylation is 1. The number of likely N-dealkylation sites (N-methyl/N-ethyl adjacent to an activating group) is 1. The SMILES string of the molecule is CNC(COc1ccc(F)cc1C)C(C)(C)C. The van der Waals surface area contributed by atoms with E-state index >= 15 is 0 Å². The van der Waals surface area contributed by atoms with Crippen LogP contribution in [0.2, 0.25) is 0 Å². The lowest BCUT2D eigenvalue weighted by Gasteiger charge is -2.30. The minimum Gasteiger partial charge on any atom is -0.492 e. The molecule has 1 rings (SSSR count). The molecule has 17 heavy (non-hydrogen) atoms. The van der Waals surface area contributed by atoms with Crippen LogP contribution in [0.4, 0.5) is 4.39 Å². The molecule has 0 aromatic heterocycles. The molecule has 2 nitrogen and oxygen atoms in total. The third-order valence-electron chi connectivity index (χ3n) is 2.94. The maximum absolute atomic E-state index is 12.9. The molecule has 1 aromatic rings. The second-order valence-corrected chi connectivity index (χ2v) is 5.43. The topological polar surface area (TPSA) is 21.3 Å². The fourth-order valence-corrected chi connectivity index (χ4v) is 1.71. The second-order valence-electron chi connectivity index (χ2n) is 5.43. The number of nitrogens with one attached hydrogen (secondary N) is 1. The highest BCUT2D eigenvalue weighted by Gasteiger charge is 2.23. The first-order valence-electron chi connectivity index (χ1n) is 5.91. The van der Waals surface area contributed by atoms with Gasteiger partial charge >= 0.3 is 0 Å². The summed E-state index contributed by atoms with van der Waals surface area (Å²) in [4.78, 5) is 0. The van der Waals surface area contributed by atoms with Crippen LogP contribution >= 0.6 is 0 Å². The molecule has 0 heterocycles. The fraction of sp³-hybridized carbons (Fsp3) is 0.571. The second kappa shape index (κ2) is 5.50. The molecule has 0 amide bonds. The summed E-state index contributed by atoms with van der Waals surface area (Å²) in [5, 5.41) is 3.24. The van der Waals surface area contributed by atoms with Gasteiger partial charge in [0.1, 0.15) is 18.2 Å². The van der Waals surface area contributed by atoms with Gasteiger partial charge < -0.3 is 10.1 Å². The van der Waals surface area contributed by atoms with Crippen LogP contribution in [-0.2, 0) is 0 Å². The van der Waals surface area contributed by atoms with Gasteiger partial charge in [-0.3, -0.25) is 0 Å². The van der Waals surface area contributed by atoms with Crippen LogP contribution in [0.15, 0.2) is 18.2 Å². The Morgan fingerprint density at radius 2 is 2.00 bits per heavy atom. The summed E-state index contributed by atoms with van der Waals surface area (Å²) in [5.41, 5.74) is 0.955. The fourth-order valence-electron chi connectivity index (χ4n) is 1.71. The number of hydrogen-bond donors (Lipinski definition) is 1. The Morgan fingerprint density at radius 3 is 2.47 bits per heavy atom. The molecule has 0 saturated carbocycles. The summed E-state index contributed by atoms with van der Waals surface area (Å²) in [6.07, 6.45) is 0. The van der Waals surface area contributed by atoms with Crippen molar-refractivity contribution in [2.24, 2.45) is 5.41 Å². The smallest absolute Gasteiger partial charge is 0.123 e. The van der Waals surface area contributed by atoms with E-state index in [1.165, 1.54) is 12.1 Å². The van der Waals surface area contributed by atoms with Gasteiger partial charge in [-0.1, -0.05) is 20.8 Å². The van der Waals surface area contributed by atoms with Crippen molar-refractivity contribution in [3.8, 4) is 5.75 Å².